The molecular weight excluding hydrogens is 180 g/mol. The molecule has 0 heterocycles. The van der Waals surface area contributed by atoms with Crippen molar-refractivity contribution in [3.8, 4) is 0 Å². The van der Waals surface area contributed by atoms with Gasteiger partial charge in [0.15, 0.2) is 0 Å². The third-order valence-corrected chi connectivity index (χ3v) is 2.72. The smallest absolute Gasteiger partial charge is 0.0101 e. The fourth-order valence-electron chi connectivity index (χ4n) is 1.09. The van der Waals surface area contributed by atoms with Crippen LogP contribution in [0, 0.1) is 0 Å². The van der Waals surface area contributed by atoms with Crippen LogP contribution in [0.4, 0.5) is 0 Å². The van der Waals surface area contributed by atoms with Gasteiger partial charge in [-0.1, -0.05) is 26.7 Å². The molecule has 0 rings (SSSR count). The first-order valence-corrected chi connectivity index (χ1v) is 6.04. The van der Waals surface area contributed by atoms with Gasteiger partial charge in [0.2, 0.25) is 0 Å². The van der Waals surface area contributed by atoms with Gasteiger partial charge in [0.1, 0.15) is 0 Å². The fraction of sp³-hybridized carbons (Fsp3) is 1.00. The summed E-state index contributed by atoms with van der Waals surface area (Å²) < 4.78 is 4.64. The summed E-state index contributed by atoms with van der Waals surface area (Å²) >= 11 is 1.85. The lowest BCUT2D eigenvalue weighted by Crippen LogP contribution is -2.23. The minimum atomic E-state index is 1.22. The largest absolute Gasteiger partial charge is 0.243 e. The SMILES string of the molecule is CCCCN(CCCC)SN(C)C. The molecule has 0 aromatic heterocycles. The van der Waals surface area contributed by atoms with Gasteiger partial charge >= 0.3 is 0 Å². The van der Waals surface area contributed by atoms with E-state index in [1.165, 1.54) is 38.8 Å². The Balaban J connectivity index is 3.60. The quantitative estimate of drug-likeness (QED) is 0.561. The van der Waals surface area contributed by atoms with Crippen LogP contribution in [0.25, 0.3) is 0 Å². The fourth-order valence-corrected chi connectivity index (χ4v) is 1.98. The zero-order valence-electron chi connectivity index (χ0n) is 9.55. The Hall–Kier alpha value is 0.270. The summed E-state index contributed by atoms with van der Waals surface area (Å²) in [5, 5.41) is 0. The van der Waals surface area contributed by atoms with E-state index in [9.17, 15) is 0 Å². The number of unbranched alkanes of at least 4 members (excludes halogenated alkanes) is 2. The van der Waals surface area contributed by atoms with Crippen LogP contribution in [0.3, 0.4) is 0 Å². The summed E-state index contributed by atoms with van der Waals surface area (Å²) in [6.07, 6.45) is 5.20. The highest BCUT2D eigenvalue weighted by Crippen LogP contribution is 2.14. The summed E-state index contributed by atoms with van der Waals surface area (Å²) in [6, 6.07) is 0. The lowest BCUT2D eigenvalue weighted by atomic mass is 10.3. The third kappa shape index (κ3) is 8.60. The molecule has 0 fully saturated rings. The molecule has 0 spiro atoms. The molecule has 0 atom stereocenters. The number of rotatable bonds is 8. The molecule has 0 saturated carbocycles. The monoisotopic (exact) mass is 204 g/mol. The van der Waals surface area contributed by atoms with Gasteiger partial charge in [-0.25, -0.2) is 8.61 Å². The highest BCUT2D eigenvalue weighted by Gasteiger charge is 2.05. The van der Waals surface area contributed by atoms with Gasteiger partial charge in [0.05, 0.1) is 0 Å². The molecule has 0 aliphatic heterocycles. The molecule has 0 aromatic rings. The van der Waals surface area contributed by atoms with E-state index in [0.29, 0.717) is 0 Å². The second-order valence-corrected chi connectivity index (χ2v) is 4.94. The Kier molecular flexibility index (Phi) is 9.03. The predicted octanol–water partition coefficient (Wildman–Crippen LogP) is 3.01. The van der Waals surface area contributed by atoms with E-state index < -0.39 is 0 Å². The summed E-state index contributed by atoms with van der Waals surface area (Å²) in [7, 11) is 4.21. The second-order valence-electron chi connectivity index (χ2n) is 3.53. The van der Waals surface area contributed by atoms with E-state index in [0.717, 1.165) is 0 Å². The van der Waals surface area contributed by atoms with E-state index in [-0.39, 0.29) is 0 Å². The Morgan fingerprint density at radius 3 is 1.69 bits per heavy atom. The highest BCUT2D eigenvalue weighted by molar-refractivity contribution is 7.94. The predicted molar refractivity (Wildman–Crippen MR) is 62.7 cm³/mol. The van der Waals surface area contributed by atoms with Gasteiger partial charge < -0.3 is 0 Å². The second kappa shape index (κ2) is 8.85. The molecule has 0 aliphatic rings. The van der Waals surface area contributed by atoms with Crippen LogP contribution in [-0.4, -0.2) is 35.8 Å². The van der Waals surface area contributed by atoms with E-state index in [2.05, 4.69) is 36.6 Å². The van der Waals surface area contributed by atoms with Crippen LogP contribution in [0.2, 0.25) is 0 Å². The van der Waals surface area contributed by atoms with Crippen molar-refractivity contribution in [1.82, 2.24) is 8.61 Å². The molecule has 2 nitrogen and oxygen atoms in total. The summed E-state index contributed by atoms with van der Waals surface area (Å²) in [4.78, 5) is 0. The van der Waals surface area contributed by atoms with Gasteiger partial charge in [-0.15, -0.1) is 0 Å². The minimum Gasteiger partial charge on any atom is -0.243 e. The zero-order chi connectivity index (χ0) is 10.1. The van der Waals surface area contributed by atoms with Crippen LogP contribution in [0.15, 0.2) is 0 Å². The normalized spacial score (nSPS) is 11.5. The van der Waals surface area contributed by atoms with Crippen molar-refractivity contribution in [3.63, 3.8) is 0 Å². The third-order valence-electron chi connectivity index (χ3n) is 1.80. The molecule has 0 aliphatic carbocycles. The summed E-state index contributed by atoms with van der Waals surface area (Å²) in [5.41, 5.74) is 0. The van der Waals surface area contributed by atoms with Crippen LogP contribution in [0.1, 0.15) is 39.5 Å². The summed E-state index contributed by atoms with van der Waals surface area (Å²) in [6.45, 7) is 6.94. The molecule has 0 bridgehead atoms. The average Bonchev–Trinajstić information content (AvgIpc) is 2.09. The van der Waals surface area contributed by atoms with Gasteiger partial charge in [-0.2, -0.15) is 0 Å². The Bertz CT molecular complexity index is 99.1. The Morgan fingerprint density at radius 1 is 0.923 bits per heavy atom. The Labute approximate surface area is 87.9 Å². The van der Waals surface area contributed by atoms with Crippen LogP contribution in [-0.2, 0) is 0 Å². The molecule has 0 aromatic carbocycles. The average molecular weight is 204 g/mol. The van der Waals surface area contributed by atoms with Crippen molar-refractivity contribution in [2.75, 3.05) is 27.2 Å². The van der Waals surface area contributed by atoms with Crippen molar-refractivity contribution in [2.45, 2.75) is 39.5 Å². The molecule has 0 radical (unpaired) electrons. The minimum absolute atomic E-state index is 1.22. The molecule has 3 heteroatoms. The maximum Gasteiger partial charge on any atom is 0.0101 e. The van der Waals surface area contributed by atoms with Gasteiger partial charge in [0, 0.05) is 25.2 Å². The van der Waals surface area contributed by atoms with E-state index in [1.807, 2.05) is 12.1 Å². The summed E-state index contributed by atoms with van der Waals surface area (Å²) in [5.74, 6) is 0. The molecule has 0 saturated heterocycles. The molecule has 0 unspecified atom stereocenters. The lowest BCUT2D eigenvalue weighted by molar-refractivity contribution is 0.429. The molecule has 80 valence electrons. The maximum atomic E-state index is 2.47. The number of hydrogen-bond donors (Lipinski definition) is 0. The van der Waals surface area contributed by atoms with E-state index >= 15 is 0 Å². The zero-order valence-corrected chi connectivity index (χ0v) is 10.4. The molecule has 0 amide bonds. The molecule has 0 N–H and O–H groups in total. The first-order valence-electron chi connectivity index (χ1n) is 5.31. The van der Waals surface area contributed by atoms with E-state index in [4.69, 9.17) is 0 Å². The standard InChI is InChI=1S/C10H24N2S/c1-5-7-9-12(10-8-6-2)13-11(3)4/h5-10H2,1-4H3. The topological polar surface area (TPSA) is 6.48 Å². The highest BCUT2D eigenvalue weighted by atomic mass is 32.2. The van der Waals surface area contributed by atoms with E-state index in [1.54, 1.807) is 0 Å². The van der Waals surface area contributed by atoms with Crippen molar-refractivity contribution < 1.29 is 0 Å². The van der Waals surface area contributed by atoms with Crippen molar-refractivity contribution in [2.24, 2.45) is 0 Å². The molecular formula is C10H24N2S. The Morgan fingerprint density at radius 2 is 1.38 bits per heavy atom. The lowest BCUT2D eigenvalue weighted by Gasteiger charge is -2.23. The molecule has 13 heavy (non-hydrogen) atoms. The van der Waals surface area contributed by atoms with Crippen LogP contribution < -0.4 is 0 Å². The van der Waals surface area contributed by atoms with Crippen LogP contribution >= 0.6 is 12.1 Å². The van der Waals surface area contributed by atoms with Crippen molar-refractivity contribution in [1.29, 1.82) is 0 Å². The number of hydrogen-bond acceptors (Lipinski definition) is 3. The maximum absolute atomic E-state index is 2.47. The first-order chi connectivity index (χ1) is 6.20. The van der Waals surface area contributed by atoms with Gasteiger partial charge in [-0.3, -0.25) is 0 Å². The van der Waals surface area contributed by atoms with Crippen LogP contribution in [0.5, 0.6) is 0 Å². The van der Waals surface area contributed by atoms with Crippen molar-refractivity contribution in [3.05, 3.63) is 0 Å². The first kappa shape index (κ1) is 13.3. The van der Waals surface area contributed by atoms with Gasteiger partial charge in [0.25, 0.3) is 0 Å². The van der Waals surface area contributed by atoms with Crippen molar-refractivity contribution >= 4 is 12.1 Å². The number of nitrogens with zero attached hydrogens (tertiary/aromatic N) is 2. The van der Waals surface area contributed by atoms with Gasteiger partial charge in [-0.05, 0) is 26.9 Å².